The lowest BCUT2D eigenvalue weighted by Gasteiger charge is -2.24. The first kappa shape index (κ1) is 21.2. The molecule has 1 aromatic heterocycles. The highest BCUT2D eigenvalue weighted by molar-refractivity contribution is 6.07. The number of para-hydroxylation sites is 1. The maximum atomic E-state index is 13.6. The van der Waals surface area contributed by atoms with E-state index < -0.39 is 0 Å². The number of hydrogen-bond acceptors (Lipinski definition) is 4. The molecule has 1 N–H and O–H groups in total. The lowest BCUT2D eigenvalue weighted by atomic mass is 10.1. The van der Waals surface area contributed by atoms with E-state index in [1.54, 1.807) is 54.5 Å². The number of ether oxygens (including phenoxy) is 2. The zero-order valence-corrected chi connectivity index (χ0v) is 18.2. The molecule has 6 nitrogen and oxygen atoms in total. The van der Waals surface area contributed by atoms with Crippen molar-refractivity contribution in [3.05, 3.63) is 99.8 Å². The number of aromatic nitrogens is 1. The Balaban J connectivity index is 1.80. The van der Waals surface area contributed by atoms with Gasteiger partial charge in [-0.3, -0.25) is 9.59 Å². The zero-order valence-electron chi connectivity index (χ0n) is 18.2. The van der Waals surface area contributed by atoms with E-state index in [-0.39, 0.29) is 18.0 Å². The van der Waals surface area contributed by atoms with Gasteiger partial charge in [-0.15, -0.1) is 0 Å². The Morgan fingerprint density at radius 1 is 0.938 bits per heavy atom. The average molecular weight is 428 g/mol. The van der Waals surface area contributed by atoms with Gasteiger partial charge in [-0.2, -0.15) is 0 Å². The summed E-state index contributed by atoms with van der Waals surface area (Å²) >= 11 is 0. The fourth-order valence-electron chi connectivity index (χ4n) is 3.67. The number of benzene rings is 3. The van der Waals surface area contributed by atoms with Gasteiger partial charge in [0.2, 0.25) is 0 Å². The van der Waals surface area contributed by atoms with Gasteiger partial charge in [0, 0.05) is 16.8 Å². The third-order valence-electron chi connectivity index (χ3n) is 5.37. The van der Waals surface area contributed by atoms with Crippen LogP contribution in [0, 0.1) is 6.92 Å². The van der Waals surface area contributed by atoms with E-state index in [0.29, 0.717) is 28.3 Å². The van der Waals surface area contributed by atoms with Crippen LogP contribution in [0.3, 0.4) is 0 Å². The van der Waals surface area contributed by atoms with E-state index in [4.69, 9.17) is 9.47 Å². The molecule has 0 aliphatic heterocycles. The Morgan fingerprint density at radius 3 is 2.41 bits per heavy atom. The van der Waals surface area contributed by atoms with Crippen LogP contribution in [0.5, 0.6) is 11.5 Å². The van der Waals surface area contributed by atoms with Gasteiger partial charge in [-0.25, -0.2) is 0 Å². The van der Waals surface area contributed by atoms with Gasteiger partial charge in [0.15, 0.2) is 0 Å². The topological polar surface area (TPSA) is 71.6 Å². The summed E-state index contributed by atoms with van der Waals surface area (Å²) in [6.45, 7) is 2.10. The average Bonchev–Trinajstić information content (AvgIpc) is 2.82. The smallest absolute Gasteiger partial charge is 0.262 e. The number of hydrogen-bond donors (Lipinski definition) is 1. The molecule has 0 atom stereocenters. The number of carbonyl (C=O) groups is 1. The first-order valence-electron chi connectivity index (χ1n) is 10.2. The Hall–Kier alpha value is -4.06. The van der Waals surface area contributed by atoms with Crippen molar-refractivity contribution in [3.8, 4) is 11.5 Å². The van der Waals surface area contributed by atoms with Gasteiger partial charge in [-0.05, 0) is 66.9 Å². The second kappa shape index (κ2) is 8.98. The number of nitrogens with zero attached hydrogens (tertiary/aromatic N) is 1. The van der Waals surface area contributed by atoms with E-state index in [9.17, 15) is 9.59 Å². The fourth-order valence-corrected chi connectivity index (χ4v) is 3.67. The second-order valence-corrected chi connectivity index (χ2v) is 7.50. The molecule has 3 aromatic carbocycles. The van der Waals surface area contributed by atoms with Crippen LogP contribution in [0.25, 0.3) is 10.9 Å². The molecule has 1 amide bonds. The molecule has 162 valence electrons. The van der Waals surface area contributed by atoms with Crippen LogP contribution in [-0.2, 0) is 6.54 Å². The van der Waals surface area contributed by atoms with Crippen LogP contribution >= 0.6 is 0 Å². The molecule has 0 saturated heterocycles. The maximum absolute atomic E-state index is 13.6. The molecule has 0 unspecified atom stereocenters. The lowest BCUT2D eigenvalue weighted by Crippen LogP contribution is -2.33. The molecule has 0 spiro atoms. The van der Waals surface area contributed by atoms with E-state index in [2.05, 4.69) is 4.98 Å². The largest absolute Gasteiger partial charge is 0.497 e. The van der Waals surface area contributed by atoms with E-state index in [1.807, 2.05) is 37.3 Å². The number of anilines is 1. The van der Waals surface area contributed by atoms with Gasteiger partial charge in [-0.1, -0.05) is 23.8 Å². The van der Waals surface area contributed by atoms with Gasteiger partial charge < -0.3 is 19.4 Å². The van der Waals surface area contributed by atoms with Crippen molar-refractivity contribution in [2.45, 2.75) is 13.5 Å². The minimum Gasteiger partial charge on any atom is -0.497 e. The molecule has 0 aliphatic rings. The molecule has 1 heterocycles. The van der Waals surface area contributed by atoms with Gasteiger partial charge in [0.1, 0.15) is 11.5 Å². The highest BCUT2D eigenvalue weighted by atomic mass is 16.5. The highest BCUT2D eigenvalue weighted by Crippen LogP contribution is 2.26. The molecule has 6 heteroatoms. The maximum Gasteiger partial charge on any atom is 0.262 e. The summed E-state index contributed by atoms with van der Waals surface area (Å²) in [4.78, 5) is 30.9. The number of rotatable bonds is 6. The fraction of sp³-hybridized carbons (Fsp3) is 0.154. The number of amides is 1. The van der Waals surface area contributed by atoms with Crippen molar-refractivity contribution < 1.29 is 14.3 Å². The molecule has 0 aliphatic carbocycles. The monoisotopic (exact) mass is 428 g/mol. The molecular formula is C26H24N2O4. The van der Waals surface area contributed by atoms with Crippen LogP contribution in [0.4, 0.5) is 5.69 Å². The van der Waals surface area contributed by atoms with Gasteiger partial charge in [0.05, 0.1) is 26.3 Å². The molecule has 0 bridgehead atoms. The Labute approximate surface area is 186 Å². The summed E-state index contributed by atoms with van der Waals surface area (Å²) in [7, 11) is 3.11. The highest BCUT2D eigenvalue weighted by Gasteiger charge is 2.22. The summed E-state index contributed by atoms with van der Waals surface area (Å²) in [6, 6.07) is 21.9. The summed E-state index contributed by atoms with van der Waals surface area (Å²) in [5.41, 5.74) is 3.17. The molecular weight excluding hydrogens is 404 g/mol. The van der Waals surface area contributed by atoms with Crippen LogP contribution in [-0.4, -0.2) is 25.1 Å². The quantitative estimate of drug-likeness (QED) is 0.483. The standard InChI is InChI=1S/C26H24N2O4/c1-17-8-13-23-18(14-17)15-19(25(29)27-23)16-28(20-9-11-21(31-2)12-10-20)26(30)22-6-4-5-7-24(22)32-3/h4-15H,16H2,1-3H3,(H,27,29). The number of fused-ring (bicyclic) bond motifs is 1. The van der Waals surface area contributed by atoms with Crippen molar-refractivity contribution in [2.75, 3.05) is 19.1 Å². The van der Waals surface area contributed by atoms with Crippen LogP contribution in [0.2, 0.25) is 0 Å². The number of methoxy groups -OCH3 is 2. The van der Waals surface area contributed by atoms with Crippen molar-refractivity contribution in [3.63, 3.8) is 0 Å². The predicted octanol–water partition coefficient (Wildman–Crippen LogP) is 4.70. The van der Waals surface area contributed by atoms with E-state index >= 15 is 0 Å². The minimum absolute atomic E-state index is 0.0996. The van der Waals surface area contributed by atoms with Gasteiger partial charge in [0.25, 0.3) is 11.5 Å². The number of carbonyl (C=O) groups excluding carboxylic acids is 1. The van der Waals surface area contributed by atoms with Crippen molar-refractivity contribution in [1.82, 2.24) is 4.98 Å². The minimum atomic E-state index is -0.267. The normalized spacial score (nSPS) is 10.7. The summed E-state index contributed by atoms with van der Waals surface area (Å²) in [5, 5.41) is 0.916. The van der Waals surface area contributed by atoms with Crippen LogP contribution < -0.4 is 19.9 Å². The third-order valence-corrected chi connectivity index (χ3v) is 5.37. The summed E-state index contributed by atoms with van der Waals surface area (Å²) in [5.74, 6) is 0.882. The molecule has 4 rings (SSSR count). The lowest BCUT2D eigenvalue weighted by molar-refractivity contribution is 0.0982. The molecule has 4 aromatic rings. The number of aryl methyl sites for hydroxylation is 1. The second-order valence-electron chi connectivity index (χ2n) is 7.50. The number of nitrogens with one attached hydrogen (secondary N) is 1. The number of H-pyrrole nitrogens is 1. The molecule has 0 radical (unpaired) electrons. The number of pyridine rings is 1. The van der Waals surface area contributed by atoms with Crippen molar-refractivity contribution >= 4 is 22.5 Å². The number of aromatic amines is 1. The Morgan fingerprint density at radius 2 is 1.69 bits per heavy atom. The van der Waals surface area contributed by atoms with Crippen molar-refractivity contribution in [2.24, 2.45) is 0 Å². The van der Waals surface area contributed by atoms with Crippen molar-refractivity contribution in [1.29, 1.82) is 0 Å². The first-order valence-corrected chi connectivity index (χ1v) is 10.2. The SMILES string of the molecule is COc1ccc(N(Cc2cc3cc(C)ccc3[nH]c2=O)C(=O)c2ccccc2OC)cc1. The van der Waals surface area contributed by atoms with E-state index in [1.165, 1.54) is 7.11 Å². The zero-order chi connectivity index (χ0) is 22.7. The van der Waals surface area contributed by atoms with Gasteiger partial charge >= 0.3 is 0 Å². The van der Waals surface area contributed by atoms with Crippen LogP contribution in [0.1, 0.15) is 21.5 Å². The Kier molecular flexibility index (Phi) is 5.94. The summed E-state index contributed by atoms with van der Waals surface area (Å²) < 4.78 is 10.6. The molecule has 0 saturated carbocycles. The van der Waals surface area contributed by atoms with Crippen LogP contribution in [0.15, 0.2) is 77.6 Å². The summed E-state index contributed by atoms with van der Waals surface area (Å²) in [6.07, 6.45) is 0. The third kappa shape index (κ3) is 4.21. The molecule has 32 heavy (non-hydrogen) atoms. The van der Waals surface area contributed by atoms with E-state index in [0.717, 1.165) is 16.5 Å². The first-order chi connectivity index (χ1) is 15.5. The predicted molar refractivity (Wildman–Crippen MR) is 126 cm³/mol. The molecule has 0 fully saturated rings. The Bertz CT molecular complexity index is 1330.